The Kier molecular flexibility index (Phi) is 4.29. The largest absolute Gasteiger partial charge is 0.331 e. The van der Waals surface area contributed by atoms with Crippen LogP contribution in [0.1, 0.15) is 24.9 Å². The van der Waals surface area contributed by atoms with Crippen molar-refractivity contribution in [3.8, 4) is 0 Å². The van der Waals surface area contributed by atoms with Gasteiger partial charge < -0.3 is 10.2 Å². The molecule has 0 radical (unpaired) electrons. The minimum atomic E-state index is -3.47. The molecule has 0 aromatic heterocycles. The summed E-state index contributed by atoms with van der Waals surface area (Å²) in [6.45, 7) is 3.41. The number of likely N-dealkylation sites (tertiary alicyclic amines) is 1. The van der Waals surface area contributed by atoms with Gasteiger partial charge in [-0.3, -0.25) is 0 Å². The molecule has 1 fully saturated rings. The number of urea groups is 1. The number of rotatable bonds is 4. The van der Waals surface area contributed by atoms with Crippen molar-refractivity contribution in [1.82, 2.24) is 14.9 Å². The molecule has 2 N–H and O–H groups in total. The lowest BCUT2D eigenvalue weighted by atomic mass is 10.1. The number of benzene rings is 1. The van der Waals surface area contributed by atoms with Crippen molar-refractivity contribution in [2.45, 2.75) is 24.3 Å². The van der Waals surface area contributed by atoms with Gasteiger partial charge in [0.1, 0.15) is 0 Å². The number of amides is 2. The molecule has 1 heterocycles. The molecule has 2 rings (SSSR count). The summed E-state index contributed by atoms with van der Waals surface area (Å²) in [7, 11) is -2.09. The number of carbonyl (C=O) groups excluding carboxylic acids is 1. The van der Waals surface area contributed by atoms with E-state index in [1.165, 1.54) is 13.1 Å². The molecule has 1 aliphatic rings. The minimum absolute atomic E-state index is 0.106. The molecule has 1 aromatic rings. The van der Waals surface area contributed by atoms with Crippen LogP contribution in [0.25, 0.3) is 0 Å². The molecule has 2 amide bonds. The highest BCUT2D eigenvalue weighted by Crippen LogP contribution is 2.18. The van der Waals surface area contributed by atoms with Gasteiger partial charge in [0.05, 0.1) is 10.9 Å². The molecule has 1 aromatic carbocycles. The number of nitrogens with one attached hydrogen (secondary N) is 2. The van der Waals surface area contributed by atoms with Crippen molar-refractivity contribution in [2.24, 2.45) is 0 Å². The van der Waals surface area contributed by atoms with Crippen molar-refractivity contribution in [1.29, 1.82) is 0 Å². The lowest BCUT2D eigenvalue weighted by Gasteiger charge is -2.32. The summed E-state index contributed by atoms with van der Waals surface area (Å²) < 4.78 is 25.8. The fourth-order valence-corrected chi connectivity index (χ4v) is 2.73. The van der Waals surface area contributed by atoms with Gasteiger partial charge >= 0.3 is 6.03 Å². The van der Waals surface area contributed by atoms with Gasteiger partial charge in [0.2, 0.25) is 10.0 Å². The van der Waals surface area contributed by atoms with E-state index in [0.717, 1.165) is 25.1 Å². The number of carbonyl (C=O) groups is 1. The van der Waals surface area contributed by atoms with Crippen LogP contribution in [-0.2, 0) is 10.0 Å². The molecule has 1 atom stereocenters. The summed E-state index contributed by atoms with van der Waals surface area (Å²) in [6, 6.07) is 6.23. The summed E-state index contributed by atoms with van der Waals surface area (Å²) >= 11 is 0. The first kappa shape index (κ1) is 14.8. The maximum absolute atomic E-state index is 11.8. The van der Waals surface area contributed by atoms with Crippen LogP contribution in [0.2, 0.25) is 0 Å². The summed E-state index contributed by atoms with van der Waals surface area (Å²) in [5.41, 5.74) is 0.759. The van der Waals surface area contributed by atoms with Crippen LogP contribution in [0.5, 0.6) is 0 Å². The topological polar surface area (TPSA) is 78.5 Å². The lowest BCUT2D eigenvalue weighted by molar-refractivity contribution is 0.164. The number of sulfonamides is 1. The first-order chi connectivity index (χ1) is 9.44. The van der Waals surface area contributed by atoms with Crippen molar-refractivity contribution in [3.63, 3.8) is 0 Å². The monoisotopic (exact) mass is 297 g/mol. The van der Waals surface area contributed by atoms with Gasteiger partial charge in [-0.2, -0.15) is 0 Å². The average molecular weight is 297 g/mol. The van der Waals surface area contributed by atoms with Crippen molar-refractivity contribution in [3.05, 3.63) is 29.8 Å². The van der Waals surface area contributed by atoms with Crippen LogP contribution >= 0.6 is 0 Å². The third-order valence-corrected chi connectivity index (χ3v) is 4.83. The fraction of sp³-hybridized carbons (Fsp3) is 0.462. The van der Waals surface area contributed by atoms with E-state index < -0.39 is 10.0 Å². The second-order valence-corrected chi connectivity index (χ2v) is 6.68. The maximum atomic E-state index is 11.8. The van der Waals surface area contributed by atoms with Gasteiger partial charge in [0, 0.05) is 13.1 Å². The second-order valence-electron chi connectivity index (χ2n) is 4.79. The Morgan fingerprint density at radius 1 is 1.35 bits per heavy atom. The van der Waals surface area contributed by atoms with Crippen LogP contribution in [0.3, 0.4) is 0 Å². The van der Waals surface area contributed by atoms with Crippen LogP contribution in [0, 0.1) is 0 Å². The predicted octanol–water partition coefficient (Wildman–Crippen LogP) is 1.07. The smallest absolute Gasteiger partial charge is 0.317 e. The molecule has 110 valence electrons. The molecular weight excluding hydrogens is 278 g/mol. The Labute approximate surface area is 119 Å². The van der Waals surface area contributed by atoms with Crippen molar-refractivity contribution >= 4 is 16.1 Å². The summed E-state index contributed by atoms with van der Waals surface area (Å²) in [5, 5.41) is 2.87. The number of hydrogen-bond donors (Lipinski definition) is 2. The van der Waals surface area contributed by atoms with E-state index >= 15 is 0 Å². The van der Waals surface area contributed by atoms with E-state index in [9.17, 15) is 13.2 Å². The predicted molar refractivity (Wildman–Crippen MR) is 75.8 cm³/mol. The molecule has 1 aliphatic heterocycles. The van der Waals surface area contributed by atoms with E-state index in [-0.39, 0.29) is 17.0 Å². The third kappa shape index (κ3) is 3.10. The molecule has 0 unspecified atom stereocenters. The molecule has 0 bridgehead atoms. The van der Waals surface area contributed by atoms with Gasteiger partial charge in [-0.15, -0.1) is 0 Å². The zero-order valence-corrected chi connectivity index (χ0v) is 12.4. The molecule has 7 heteroatoms. The van der Waals surface area contributed by atoms with Gasteiger partial charge in [-0.05, 0) is 38.1 Å². The standard InChI is InChI=1S/C13H19N3O3S/c1-10(15-13(17)16-7-4-8-16)11-5-3-6-12(9-11)20(18,19)14-2/h3,5-6,9-10,14H,4,7-8H2,1-2H3,(H,15,17)/t10-/m1/s1. The van der Waals surface area contributed by atoms with Crippen LogP contribution in [0.4, 0.5) is 4.79 Å². The SMILES string of the molecule is CNS(=O)(=O)c1cccc([C@@H](C)NC(=O)N2CCC2)c1. The first-order valence-electron chi connectivity index (χ1n) is 6.53. The Morgan fingerprint density at radius 3 is 2.60 bits per heavy atom. The highest BCUT2D eigenvalue weighted by Gasteiger charge is 2.22. The normalized spacial score (nSPS) is 16.4. The Hall–Kier alpha value is -1.60. The molecule has 1 saturated heterocycles. The second kappa shape index (κ2) is 5.80. The molecule has 6 nitrogen and oxygen atoms in total. The minimum Gasteiger partial charge on any atom is -0.331 e. The summed E-state index contributed by atoms with van der Waals surface area (Å²) in [6.07, 6.45) is 1.04. The zero-order chi connectivity index (χ0) is 14.8. The average Bonchev–Trinajstić information content (AvgIpc) is 2.36. The van der Waals surface area contributed by atoms with E-state index in [1.807, 2.05) is 6.92 Å². The Bertz CT molecular complexity index is 597. The number of hydrogen-bond acceptors (Lipinski definition) is 3. The zero-order valence-electron chi connectivity index (χ0n) is 11.6. The highest BCUT2D eigenvalue weighted by molar-refractivity contribution is 7.89. The third-order valence-electron chi connectivity index (χ3n) is 3.42. The summed E-state index contributed by atoms with van der Waals surface area (Å²) in [5.74, 6) is 0. The van der Waals surface area contributed by atoms with E-state index in [2.05, 4.69) is 10.0 Å². The Balaban J connectivity index is 2.12. The molecule has 20 heavy (non-hydrogen) atoms. The molecule has 0 aliphatic carbocycles. The maximum Gasteiger partial charge on any atom is 0.317 e. The van der Waals surface area contributed by atoms with E-state index in [0.29, 0.717) is 0 Å². The summed E-state index contributed by atoms with van der Waals surface area (Å²) in [4.78, 5) is 13.8. The fourth-order valence-electron chi connectivity index (χ4n) is 1.95. The van der Waals surface area contributed by atoms with Gasteiger partial charge in [0.15, 0.2) is 0 Å². The number of nitrogens with zero attached hydrogens (tertiary/aromatic N) is 1. The lowest BCUT2D eigenvalue weighted by Crippen LogP contribution is -2.48. The molecule has 0 spiro atoms. The van der Waals surface area contributed by atoms with Gasteiger partial charge in [0.25, 0.3) is 0 Å². The van der Waals surface area contributed by atoms with Crippen molar-refractivity contribution in [2.75, 3.05) is 20.1 Å². The van der Waals surface area contributed by atoms with Crippen LogP contribution < -0.4 is 10.0 Å². The van der Waals surface area contributed by atoms with E-state index in [1.54, 1.807) is 23.1 Å². The van der Waals surface area contributed by atoms with Crippen LogP contribution in [0.15, 0.2) is 29.2 Å². The first-order valence-corrected chi connectivity index (χ1v) is 8.01. The van der Waals surface area contributed by atoms with Crippen molar-refractivity contribution < 1.29 is 13.2 Å². The Morgan fingerprint density at radius 2 is 2.05 bits per heavy atom. The highest BCUT2D eigenvalue weighted by atomic mass is 32.2. The van der Waals surface area contributed by atoms with E-state index in [4.69, 9.17) is 0 Å². The molecular formula is C13H19N3O3S. The van der Waals surface area contributed by atoms with Crippen LogP contribution in [-0.4, -0.2) is 39.5 Å². The van der Waals surface area contributed by atoms with Gasteiger partial charge in [-0.1, -0.05) is 12.1 Å². The molecule has 0 saturated carbocycles. The quantitative estimate of drug-likeness (QED) is 0.872. The van der Waals surface area contributed by atoms with Gasteiger partial charge in [-0.25, -0.2) is 17.9 Å².